The molecule has 4 nitrogen and oxygen atoms in total. The summed E-state index contributed by atoms with van der Waals surface area (Å²) >= 11 is 0. The van der Waals surface area contributed by atoms with Crippen molar-refractivity contribution in [3.63, 3.8) is 0 Å². The summed E-state index contributed by atoms with van der Waals surface area (Å²) in [5.41, 5.74) is -1.33. The molecule has 0 saturated carbocycles. The number of hydrogen-bond acceptors (Lipinski definition) is 3. The van der Waals surface area contributed by atoms with Crippen LogP contribution in [-0.2, 0) is 12.7 Å². The van der Waals surface area contributed by atoms with Gasteiger partial charge >= 0.3 is 6.18 Å². The minimum atomic E-state index is -4.82. The van der Waals surface area contributed by atoms with Gasteiger partial charge in [-0.05, 0) is 44.9 Å². The van der Waals surface area contributed by atoms with E-state index in [9.17, 15) is 23.2 Å². The minimum Gasteiger partial charge on any atom is -0.469 e. The van der Waals surface area contributed by atoms with Gasteiger partial charge in [0.2, 0.25) is 0 Å². The van der Waals surface area contributed by atoms with Crippen LogP contribution in [0.4, 0.5) is 13.2 Å². The number of pyridine rings is 1. The molecular formula is C20H19F3N2O2. The van der Waals surface area contributed by atoms with E-state index in [2.05, 4.69) is 0 Å². The molecule has 0 saturated heterocycles. The highest BCUT2D eigenvalue weighted by molar-refractivity contribution is 5.68. The lowest BCUT2D eigenvalue weighted by Gasteiger charge is -2.18. The first-order valence-electron chi connectivity index (χ1n) is 8.23. The van der Waals surface area contributed by atoms with Gasteiger partial charge in [0.1, 0.15) is 17.4 Å². The molecule has 0 fully saturated rings. The standard InChI is InChI=1S/C20H19F3N2O2/c1-5-7-14(6-2)10-25-17(18-12(3)11-27-13(18)4)8-16(20(21,22)23)15(9-24)19(25)26/h5-8,11H,10H2,1-4H3/b7-5-,14-6+. The summed E-state index contributed by atoms with van der Waals surface area (Å²) in [5, 5.41) is 9.20. The molecule has 2 heterocycles. The topological polar surface area (TPSA) is 58.9 Å². The first-order chi connectivity index (χ1) is 12.6. The molecular weight excluding hydrogens is 357 g/mol. The quantitative estimate of drug-likeness (QED) is 0.695. The van der Waals surface area contributed by atoms with E-state index in [4.69, 9.17) is 4.42 Å². The molecule has 0 radical (unpaired) electrons. The molecule has 0 aliphatic carbocycles. The molecule has 0 aromatic carbocycles. The Bertz CT molecular complexity index is 996. The smallest absolute Gasteiger partial charge is 0.417 e. The van der Waals surface area contributed by atoms with E-state index in [1.807, 2.05) is 0 Å². The highest BCUT2D eigenvalue weighted by Crippen LogP contribution is 2.36. The lowest BCUT2D eigenvalue weighted by molar-refractivity contribution is -0.137. The molecule has 142 valence electrons. The average Bonchev–Trinajstić information content (AvgIpc) is 2.93. The summed E-state index contributed by atoms with van der Waals surface area (Å²) in [6.45, 7) is 6.90. The van der Waals surface area contributed by atoms with Crippen molar-refractivity contribution in [3.8, 4) is 17.3 Å². The predicted molar refractivity (Wildman–Crippen MR) is 96.2 cm³/mol. The zero-order valence-corrected chi connectivity index (χ0v) is 15.4. The molecule has 0 aliphatic rings. The van der Waals surface area contributed by atoms with E-state index < -0.39 is 22.9 Å². The van der Waals surface area contributed by atoms with Gasteiger partial charge in [-0.3, -0.25) is 4.79 Å². The second-order valence-electron chi connectivity index (χ2n) is 6.03. The number of nitrogens with zero attached hydrogens (tertiary/aromatic N) is 2. The predicted octanol–water partition coefficient (Wildman–Crippen LogP) is 5.14. The number of alkyl halides is 3. The number of furan rings is 1. The van der Waals surface area contributed by atoms with Gasteiger partial charge in [-0.25, -0.2) is 0 Å². The third-order valence-corrected chi connectivity index (χ3v) is 4.22. The van der Waals surface area contributed by atoms with Crippen LogP contribution in [0.2, 0.25) is 0 Å². The molecule has 0 atom stereocenters. The number of nitriles is 1. The van der Waals surface area contributed by atoms with Crippen LogP contribution in [0, 0.1) is 25.2 Å². The number of halogens is 3. The van der Waals surface area contributed by atoms with Crippen LogP contribution in [0.25, 0.3) is 11.3 Å². The van der Waals surface area contributed by atoms with Crippen molar-refractivity contribution >= 4 is 0 Å². The lowest BCUT2D eigenvalue weighted by Crippen LogP contribution is -2.29. The van der Waals surface area contributed by atoms with Crippen molar-refractivity contribution in [1.29, 1.82) is 5.26 Å². The number of aryl methyl sites for hydroxylation is 2. The fraction of sp³-hybridized carbons (Fsp3) is 0.300. The van der Waals surface area contributed by atoms with Gasteiger partial charge in [0.25, 0.3) is 5.56 Å². The zero-order valence-electron chi connectivity index (χ0n) is 15.4. The molecule has 0 aliphatic heterocycles. The minimum absolute atomic E-state index is 0.0336. The summed E-state index contributed by atoms with van der Waals surface area (Å²) in [7, 11) is 0. The summed E-state index contributed by atoms with van der Waals surface area (Å²) in [5.74, 6) is 0.395. The van der Waals surface area contributed by atoms with E-state index in [1.54, 1.807) is 45.9 Å². The van der Waals surface area contributed by atoms with Gasteiger partial charge in [0.05, 0.1) is 24.1 Å². The van der Waals surface area contributed by atoms with Crippen LogP contribution in [0.15, 0.2) is 45.3 Å². The van der Waals surface area contributed by atoms with E-state index in [0.717, 1.165) is 11.6 Å². The van der Waals surface area contributed by atoms with E-state index in [-0.39, 0.29) is 12.2 Å². The molecule has 0 spiro atoms. The van der Waals surface area contributed by atoms with E-state index in [0.29, 0.717) is 16.9 Å². The Hall–Kier alpha value is -3.01. The fourth-order valence-electron chi connectivity index (χ4n) is 2.93. The number of aromatic nitrogens is 1. The molecule has 0 bridgehead atoms. The maximum absolute atomic E-state index is 13.5. The van der Waals surface area contributed by atoms with Gasteiger partial charge in [-0.15, -0.1) is 0 Å². The molecule has 27 heavy (non-hydrogen) atoms. The molecule has 0 N–H and O–H groups in total. The van der Waals surface area contributed by atoms with Gasteiger partial charge in [0.15, 0.2) is 0 Å². The number of rotatable bonds is 4. The fourth-order valence-corrected chi connectivity index (χ4v) is 2.93. The first kappa shape index (κ1) is 20.3. The van der Waals surface area contributed by atoms with Crippen molar-refractivity contribution < 1.29 is 17.6 Å². The Labute approximate surface area is 154 Å². The van der Waals surface area contributed by atoms with Crippen LogP contribution in [0.1, 0.15) is 36.3 Å². The molecule has 7 heteroatoms. The monoisotopic (exact) mass is 376 g/mol. The molecule has 0 amide bonds. The number of hydrogen-bond donors (Lipinski definition) is 0. The molecule has 2 aromatic rings. The number of allylic oxidation sites excluding steroid dienone is 4. The SMILES string of the molecule is C/C=C\C(=C/C)Cn1c(-c2c(C)coc2C)cc(C(F)(F)F)c(C#N)c1=O. The molecule has 2 rings (SSSR count). The van der Waals surface area contributed by atoms with E-state index in [1.165, 1.54) is 16.9 Å². The van der Waals surface area contributed by atoms with Crippen LogP contribution in [-0.4, -0.2) is 4.57 Å². The van der Waals surface area contributed by atoms with Crippen molar-refractivity contribution in [2.45, 2.75) is 40.4 Å². The third kappa shape index (κ3) is 3.90. The lowest BCUT2D eigenvalue weighted by atomic mass is 10.0. The summed E-state index contributed by atoms with van der Waals surface area (Å²) < 4.78 is 46.9. The zero-order chi connectivity index (χ0) is 20.4. The first-order valence-corrected chi connectivity index (χ1v) is 8.23. The van der Waals surface area contributed by atoms with Crippen molar-refractivity contribution in [2.75, 3.05) is 0 Å². The van der Waals surface area contributed by atoms with Crippen molar-refractivity contribution in [3.05, 3.63) is 68.9 Å². The molecule has 2 aromatic heterocycles. The van der Waals surface area contributed by atoms with Crippen LogP contribution in [0.3, 0.4) is 0 Å². The van der Waals surface area contributed by atoms with Gasteiger partial charge in [0, 0.05) is 5.56 Å². The highest BCUT2D eigenvalue weighted by Gasteiger charge is 2.37. The Morgan fingerprint density at radius 1 is 1.33 bits per heavy atom. The second kappa shape index (κ2) is 7.70. The summed E-state index contributed by atoms with van der Waals surface area (Å²) in [6, 6.07) is 2.28. The maximum Gasteiger partial charge on any atom is 0.417 e. The van der Waals surface area contributed by atoms with Gasteiger partial charge < -0.3 is 8.98 Å². The highest BCUT2D eigenvalue weighted by atomic mass is 19.4. The van der Waals surface area contributed by atoms with Crippen molar-refractivity contribution in [2.24, 2.45) is 0 Å². The molecule has 0 unspecified atom stereocenters. The summed E-state index contributed by atoms with van der Waals surface area (Å²) in [6.07, 6.45) is 1.89. The van der Waals surface area contributed by atoms with Crippen LogP contribution >= 0.6 is 0 Å². The largest absolute Gasteiger partial charge is 0.469 e. The summed E-state index contributed by atoms with van der Waals surface area (Å²) in [4.78, 5) is 12.8. The van der Waals surface area contributed by atoms with Crippen LogP contribution in [0.5, 0.6) is 0 Å². The second-order valence-corrected chi connectivity index (χ2v) is 6.03. The van der Waals surface area contributed by atoms with Crippen molar-refractivity contribution in [1.82, 2.24) is 4.57 Å². The van der Waals surface area contributed by atoms with E-state index >= 15 is 0 Å². The Kier molecular flexibility index (Phi) is 5.79. The Morgan fingerprint density at radius 3 is 2.44 bits per heavy atom. The van der Waals surface area contributed by atoms with Gasteiger partial charge in [-0.1, -0.05) is 18.2 Å². The van der Waals surface area contributed by atoms with Crippen LogP contribution < -0.4 is 5.56 Å². The van der Waals surface area contributed by atoms with Gasteiger partial charge in [-0.2, -0.15) is 18.4 Å². The normalized spacial score (nSPS) is 12.6. The maximum atomic E-state index is 13.5. The Balaban J connectivity index is 2.93. The average molecular weight is 376 g/mol. The Morgan fingerprint density at radius 2 is 2.00 bits per heavy atom. The third-order valence-electron chi connectivity index (χ3n) is 4.22.